The monoisotopic (exact) mass is 291 g/mol. The minimum absolute atomic E-state index is 0.139. The molecule has 0 radical (unpaired) electrons. The fraction of sp³-hybridized carbons (Fsp3) is 0.611. The van der Waals surface area contributed by atoms with E-state index >= 15 is 0 Å². The maximum atomic E-state index is 12.6. The van der Waals surface area contributed by atoms with E-state index < -0.39 is 0 Å². The van der Waals surface area contributed by atoms with Crippen molar-refractivity contribution in [2.24, 2.45) is 11.8 Å². The van der Waals surface area contributed by atoms with Gasteiger partial charge in [0, 0.05) is 13.1 Å². The summed E-state index contributed by atoms with van der Waals surface area (Å²) in [7, 11) is 0. The molecule has 0 aliphatic heterocycles. The third kappa shape index (κ3) is 6.30. The Morgan fingerprint density at radius 3 is 2.19 bits per heavy atom. The number of ketones is 1. The molecule has 0 bridgehead atoms. The summed E-state index contributed by atoms with van der Waals surface area (Å²) in [6, 6.07) is 7.52. The molecule has 3 heteroatoms. The SMILES string of the molecule is CCOc1ccccc1C(=O)CN(CC(C)C)CC(C)C. The average Bonchev–Trinajstić information content (AvgIpc) is 2.38. The predicted molar refractivity (Wildman–Crippen MR) is 88.1 cm³/mol. The van der Waals surface area contributed by atoms with Crippen LogP contribution in [0.3, 0.4) is 0 Å². The van der Waals surface area contributed by atoms with E-state index in [0.29, 0.717) is 36.3 Å². The Hall–Kier alpha value is -1.35. The lowest BCUT2D eigenvalue weighted by Crippen LogP contribution is -2.36. The van der Waals surface area contributed by atoms with Crippen molar-refractivity contribution in [2.45, 2.75) is 34.6 Å². The van der Waals surface area contributed by atoms with Gasteiger partial charge in [-0.15, -0.1) is 0 Å². The lowest BCUT2D eigenvalue weighted by molar-refractivity contribution is 0.0908. The number of para-hydroxylation sites is 1. The van der Waals surface area contributed by atoms with Crippen molar-refractivity contribution in [1.29, 1.82) is 0 Å². The molecule has 21 heavy (non-hydrogen) atoms. The van der Waals surface area contributed by atoms with Gasteiger partial charge in [0.1, 0.15) is 5.75 Å². The van der Waals surface area contributed by atoms with E-state index in [4.69, 9.17) is 4.74 Å². The lowest BCUT2D eigenvalue weighted by atomic mass is 10.1. The van der Waals surface area contributed by atoms with Crippen molar-refractivity contribution in [3.05, 3.63) is 29.8 Å². The lowest BCUT2D eigenvalue weighted by Gasteiger charge is -2.25. The third-order valence-electron chi connectivity index (χ3n) is 3.10. The first-order chi connectivity index (χ1) is 9.93. The van der Waals surface area contributed by atoms with Crippen LogP contribution in [-0.2, 0) is 0 Å². The molecule has 1 aromatic rings. The second-order valence-corrected chi connectivity index (χ2v) is 6.33. The van der Waals surface area contributed by atoms with Crippen molar-refractivity contribution in [2.75, 3.05) is 26.2 Å². The number of Topliss-reactive ketones (excluding diaryl/α,β-unsaturated/α-hetero) is 1. The molecular weight excluding hydrogens is 262 g/mol. The largest absolute Gasteiger partial charge is 0.493 e. The number of hydrogen-bond acceptors (Lipinski definition) is 3. The maximum absolute atomic E-state index is 12.6. The van der Waals surface area contributed by atoms with Crippen LogP contribution in [-0.4, -0.2) is 36.9 Å². The van der Waals surface area contributed by atoms with Crippen LogP contribution in [0.25, 0.3) is 0 Å². The first kappa shape index (κ1) is 17.7. The first-order valence-corrected chi connectivity index (χ1v) is 7.91. The third-order valence-corrected chi connectivity index (χ3v) is 3.10. The van der Waals surface area contributed by atoms with Gasteiger partial charge < -0.3 is 4.74 Å². The van der Waals surface area contributed by atoms with Gasteiger partial charge in [0.25, 0.3) is 0 Å². The second kappa shape index (κ2) is 8.83. The zero-order chi connectivity index (χ0) is 15.8. The van der Waals surface area contributed by atoms with Crippen LogP contribution >= 0.6 is 0 Å². The maximum Gasteiger partial charge on any atom is 0.180 e. The molecule has 0 aliphatic carbocycles. The Kier molecular flexibility index (Phi) is 7.44. The Morgan fingerprint density at radius 2 is 1.67 bits per heavy atom. The molecule has 3 nitrogen and oxygen atoms in total. The van der Waals surface area contributed by atoms with Gasteiger partial charge in [-0.25, -0.2) is 0 Å². The molecule has 0 fully saturated rings. The highest BCUT2D eigenvalue weighted by Gasteiger charge is 2.17. The van der Waals surface area contributed by atoms with Crippen LogP contribution < -0.4 is 4.74 Å². The fourth-order valence-corrected chi connectivity index (χ4v) is 2.50. The van der Waals surface area contributed by atoms with E-state index in [9.17, 15) is 4.79 Å². The molecule has 0 spiro atoms. The summed E-state index contributed by atoms with van der Waals surface area (Å²) in [4.78, 5) is 14.8. The van der Waals surface area contributed by atoms with E-state index in [0.717, 1.165) is 13.1 Å². The van der Waals surface area contributed by atoms with E-state index in [1.165, 1.54) is 0 Å². The van der Waals surface area contributed by atoms with Crippen molar-refractivity contribution in [1.82, 2.24) is 4.90 Å². The number of carbonyl (C=O) groups excluding carboxylic acids is 1. The summed E-state index contributed by atoms with van der Waals surface area (Å²) in [5.74, 6) is 1.94. The normalized spacial score (nSPS) is 11.4. The highest BCUT2D eigenvalue weighted by Crippen LogP contribution is 2.19. The molecule has 0 amide bonds. The van der Waals surface area contributed by atoms with Crippen LogP contribution in [0.2, 0.25) is 0 Å². The molecule has 0 saturated carbocycles. The second-order valence-electron chi connectivity index (χ2n) is 6.33. The molecule has 0 atom stereocenters. The number of hydrogen-bond donors (Lipinski definition) is 0. The Bertz CT molecular complexity index is 431. The van der Waals surface area contributed by atoms with Crippen LogP contribution in [0, 0.1) is 11.8 Å². The van der Waals surface area contributed by atoms with Crippen LogP contribution in [0.1, 0.15) is 45.0 Å². The van der Waals surface area contributed by atoms with Gasteiger partial charge in [0.05, 0.1) is 18.7 Å². The number of ether oxygens (including phenoxy) is 1. The summed E-state index contributed by atoms with van der Waals surface area (Å²) in [5.41, 5.74) is 0.692. The zero-order valence-electron chi connectivity index (χ0n) is 14.1. The highest BCUT2D eigenvalue weighted by molar-refractivity contribution is 6.00. The molecule has 0 heterocycles. The van der Waals surface area contributed by atoms with E-state index in [1.54, 1.807) is 0 Å². The van der Waals surface area contributed by atoms with Crippen molar-refractivity contribution in [3.8, 4) is 5.75 Å². The first-order valence-electron chi connectivity index (χ1n) is 7.91. The minimum Gasteiger partial charge on any atom is -0.493 e. The molecule has 0 unspecified atom stereocenters. The fourth-order valence-electron chi connectivity index (χ4n) is 2.50. The molecule has 0 aromatic heterocycles. The van der Waals surface area contributed by atoms with Gasteiger partial charge >= 0.3 is 0 Å². The Balaban J connectivity index is 2.81. The van der Waals surface area contributed by atoms with Crippen molar-refractivity contribution < 1.29 is 9.53 Å². The van der Waals surface area contributed by atoms with E-state index in [-0.39, 0.29) is 5.78 Å². The predicted octanol–water partition coefficient (Wildman–Crippen LogP) is 3.88. The van der Waals surface area contributed by atoms with Crippen LogP contribution in [0.15, 0.2) is 24.3 Å². The summed E-state index contributed by atoms with van der Waals surface area (Å²) in [6.45, 7) is 13.6. The number of benzene rings is 1. The summed E-state index contributed by atoms with van der Waals surface area (Å²) < 4.78 is 5.56. The summed E-state index contributed by atoms with van der Waals surface area (Å²) in [6.07, 6.45) is 0. The van der Waals surface area contributed by atoms with Crippen molar-refractivity contribution in [3.63, 3.8) is 0 Å². The van der Waals surface area contributed by atoms with Gasteiger partial charge in [0.2, 0.25) is 0 Å². The molecule has 0 saturated heterocycles. The van der Waals surface area contributed by atoms with Crippen LogP contribution in [0.5, 0.6) is 5.75 Å². The molecule has 1 rings (SSSR count). The number of carbonyl (C=O) groups is 1. The smallest absolute Gasteiger partial charge is 0.180 e. The average molecular weight is 291 g/mol. The standard InChI is InChI=1S/C18H29NO2/c1-6-21-18-10-8-7-9-16(18)17(20)13-19(11-14(2)3)12-15(4)5/h7-10,14-15H,6,11-13H2,1-5H3. The molecule has 1 aromatic carbocycles. The Morgan fingerprint density at radius 1 is 1.10 bits per heavy atom. The molecular formula is C18H29NO2. The topological polar surface area (TPSA) is 29.5 Å². The zero-order valence-corrected chi connectivity index (χ0v) is 14.1. The molecule has 118 valence electrons. The number of rotatable bonds is 9. The molecule has 0 N–H and O–H groups in total. The molecule has 0 aliphatic rings. The van der Waals surface area contributed by atoms with Crippen LogP contribution in [0.4, 0.5) is 0 Å². The highest BCUT2D eigenvalue weighted by atomic mass is 16.5. The van der Waals surface area contributed by atoms with Gasteiger partial charge in [-0.05, 0) is 30.9 Å². The quantitative estimate of drug-likeness (QED) is 0.647. The Labute approximate surface area is 129 Å². The minimum atomic E-state index is 0.139. The van der Waals surface area contributed by atoms with Gasteiger partial charge in [-0.1, -0.05) is 39.8 Å². The summed E-state index contributed by atoms with van der Waals surface area (Å²) in [5, 5.41) is 0. The van der Waals surface area contributed by atoms with E-state index in [2.05, 4.69) is 32.6 Å². The van der Waals surface area contributed by atoms with Gasteiger partial charge in [-0.3, -0.25) is 9.69 Å². The van der Waals surface area contributed by atoms with E-state index in [1.807, 2.05) is 31.2 Å². The van der Waals surface area contributed by atoms with Crippen molar-refractivity contribution >= 4 is 5.78 Å². The van der Waals surface area contributed by atoms with Gasteiger partial charge in [-0.2, -0.15) is 0 Å². The van der Waals surface area contributed by atoms with Gasteiger partial charge in [0.15, 0.2) is 5.78 Å². The number of nitrogens with zero attached hydrogens (tertiary/aromatic N) is 1. The summed E-state index contributed by atoms with van der Waals surface area (Å²) >= 11 is 0.